The van der Waals surface area contributed by atoms with E-state index in [9.17, 15) is 9.59 Å². The smallest absolute Gasteiger partial charge is 0.347 e. The summed E-state index contributed by atoms with van der Waals surface area (Å²) in [6.07, 6.45) is 0. The fourth-order valence-corrected chi connectivity index (χ4v) is 2.55. The molecule has 0 N–H and O–H groups in total. The molecule has 3 nitrogen and oxygen atoms in total. The monoisotopic (exact) mass is 298 g/mol. The largest absolute Gasteiger partial charge is 0.386 e. The third-order valence-corrected chi connectivity index (χ3v) is 3.90. The second kappa shape index (κ2) is 5.56. The van der Waals surface area contributed by atoms with Gasteiger partial charge in [-0.15, -0.1) is 0 Å². The van der Waals surface area contributed by atoms with Crippen LogP contribution in [0.1, 0.15) is 52.7 Å². The van der Waals surface area contributed by atoms with Gasteiger partial charge in [0.1, 0.15) is 0 Å². The highest BCUT2D eigenvalue weighted by atomic mass is 16.6. The molecule has 0 spiro atoms. The zero-order chi connectivity index (χ0) is 16.7. The number of hydrogen-bond acceptors (Lipinski definition) is 3. The van der Waals surface area contributed by atoms with E-state index in [0.29, 0.717) is 11.1 Å². The molecule has 0 unspecified atom stereocenters. The Kier molecular flexibility index (Phi) is 4.10. The summed E-state index contributed by atoms with van der Waals surface area (Å²) in [6.45, 7) is 11.9. The van der Waals surface area contributed by atoms with Crippen molar-refractivity contribution < 1.29 is 14.3 Å². The van der Waals surface area contributed by atoms with Crippen LogP contribution in [0.5, 0.6) is 0 Å². The molecule has 0 bridgehead atoms. The summed E-state index contributed by atoms with van der Waals surface area (Å²) in [5, 5.41) is 0. The first kappa shape index (κ1) is 16.2. The zero-order valence-corrected chi connectivity index (χ0v) is 14.0. The molecule has 22 heavy (non-hydrogen) atoms. The van der Waals surface area contributed by atoms with Crippen molar-refractivity contribution in [3.63, 3.8) is 0 Å². The van der Waals surface area contributed by atoms with E-state index in [0.717, 1.165) is 16.7 Å². The standard InChI is InChI=1S/C19H22O3/c1-11(2)15-16(18(21)22-17(15)20)12(3)13-7-9-14(10-8-13)19(4,5)6/h7-10H,1-6H3/b16-12+. The molecule has 1 aromatic carbocycles. The molecule has 1 aromatic rings. The summed E-state index contributed by atoms with van der Waals surface area (Å²) < 4.78 is 4.77. The summed E-state index contributed by atoms with van der Waals surface area (Å²) in [5.74, 6) is -1.11. The molecule has 0 atom stereocenters. The van der Waals surface area contributed by atoms with Crippen molar-refractivity contribution in [2.24, 2.45) is 0 Å². The topological polar surface area (TPSA) is 43.4 Å². The lowest BCUT2D eigenvalue weighted by Crippen LogP contribution is -2.10. The first-order valence-electron chi connectivity index (χ1n) is 7.39. The van der Waals surface area contributed by atoms with Gasteiger partial charge in [-0.2, -0.15) is 0 Å². The average Bonchev–Trinajstić information content (AvgIpc) is 2.72. The zero-order valence-electron chi connectivity index (χ0n) is 14.0. The maximum absolute atomic E-state index is 12.0. The van der Waals surface area contributed by atoms with E-state index in [4.69, 9.17) is 4.74 Å². The summed E-state index contributed by atoms with van der Waals surface area (Å²) >= 11 is 0. The van der Waals surface area contributed by atoms with E-state index in [2.05, 4.69) is 32.9 Å². The predicted molar refractivity (Wildman–Crippen MR) is 87.2 cm³/mol. The highest BCUT2D eigenvalue weighted by molar-refractivity contribution is 6.22. The third-order valence-electron chi connectivity index (χ3n) is 3.90. The number of rotatable bonds is 1. The number of cyclic esters (lactones) is 2. The van der Waals surface area contributed by atoms with Crippen LogP contribution in [-0.2, 0) is 19.7 Å². The van der Waals surface area contributed by atoms with Gasteiger partial charge in [0.05, 0.1) is 11.1 Å². The van der Waals surface area contributed by atoms with Crippen molar-refractivity contribution in [2.45, 2.75) is 47.0 Å². The molecule has 1 saturated heterocycles. The van der Waals surface area contributed by atoms with Crippen LogP contribution in [0.4, 0.5) is 0 Å². The Hall–Kier alpha value is -2.16. The molecule has 0 radical (unpaired) electrons. The number of carbonyl (C=O) groups excluding carboxylic acids is 2. The molecule has 0 saturated carbocycles. The highest BCUT2D eigenvalue weighted by Crippen LogP contribution is 2.33. The maximum Gasteiger partial charge on any atom is 0.347 e. The van der Waals surface area contributed by atoms with Gasteiger partial charge >= 0.3 is 11.9 Å². The van der Waals surface area contributed by atoms with Crippen LogP contribution in [0, 0.1) is 0 Å². The molecule has 1 aliphatic heterocycles. The van der Waals surface area contributed by atoms with E-state index < -0.39 is 11.9 Å². The summed E-state index contributed by atoms with van der Waals surface area (Å²) in [5.41, 5.74) is 4.56. The van der Waals surface area contributed by atoms with Crippen LogP contribution in [-0.4, -0.2) is 11.9 Å². The van der Waals surface area contributed by atoms with Gasteiger partial charge in [-0.05, 0) is 42.9 Å². The van der Waals surface area contributed by atoms with E-state index in [1.807, 2.05) is 32.9 Å². The Labute approximate surface area is 131 Å². The van der Waals surface area contributed by atoms with E-state index >= 15 is 0 Å². The molecule has 3 heteroatoms. The molecular weight excluding hydrogens is 276 g/mol. The van der Waals surface area contributed by atoms with Gasteiger partial charge in [-0.25, -0.2) is 9.59 Å². The minimum absolute atomic E-state index is 0.0763. The number of carbonyl (C=O) groups is 2. The van der Waals surface area contributed by atoms with E-state index in [-0.39, 0.29) is 5.41 Å². The number of benzene rings is 1. The lowest BCUT2D eigenvalue weighted by Gasteiger charge is -2.19. The van der Waals surface area contributed by atoms with E-state index in [1.54, 1.807) is 0 Å². The highest BCUT2D eigenvalue weighted by Gasteiger charge is 2.36. The van der Waals surface area contributed by atoms with Crippen molar-refractivity contribution in [1.82, 2.24) is 0 Å². The van der Waals surface area contributed by atoms with Gasteiger partial charge in [0.2, 0.25) is 0 Å². The maximum atomic E-state index is 12.0. The number of esters is 2. The molecule has 0 aromatic heterocycles. The SMILES string of the molecule is CC(C)=C1C(=O)OC(=O)/C1=C(\C)c1ccc(C(C)(C)C)cc1. The van der Waals surface area contributed by atoms with Crippen molar-refractivity contribution in [2.75, 3.05) is 0 Å². The third kappa shape index (κ3) is 2.89. The molecule has 0 aliphatic carbocycles. The molecule has 0 amide bonds. The Morgan fingerprint density at radius 2 is 1.36 bits per heavy atom. The minimum atomic E-state index is -0.557. The molecule has 1 fully saturated rings. The lowest BCUT2D eigenvalue weighted by atomic mass is 9.85. The first-order valence-corrected chi connectivity index (χ1v) is 7.39. The van der Waals surface area contributed by atoms with Crippen LogP contribution >= 0.6 is 0 Å². The normalized spacial score (nSPS) is 17.6. The average molecular weight is 298 g/mol. The Balaban J connectivity index is 2.54. The summed E-state index contributed by atoms with van der Waals surface area (Å²) in [7, 11) is 0. The molecule has 2 rings (SSSR count). The number of allylic oxidation sites excluding steroid dienone is 2. The number of hydrogen-bond donors (Lipinski definition) is 0. The fraction of sp³-hybridized carbons (Fsp3) is 0.368. The number of ether oxygens (including phenoxy) is 1. The molecule has 1 heterocycles. The second-order valence-electron chi connectivity index (χ2n) is 6.88. The quantitative estimate of drug-likeness (QED) is 0.444. The van der Waals surface area contributed by atoms with Crippen LogP contribution in [0.3, 0.4) is 0 Å². The van der Waals surface area contributed by atoms with Crippen LogP contribution in [0.2, 0.25) is 0 Å². The molecule has 116 valence electrons. The fourth-order valence-electron chi connectivity index (χ4n) is 2.55. The lowest BCUT2D eigenvalue weighted by molar-refractivity contribution is -0.149. The van der Waals surface area contributed by atoms with Gasteiger partial charge in [0.15, 0.2) is 0 Å². The summed E-state index contributed by atoms with van der Waals surface area (Å²) in [6, 6.07) is 8.09. The van der Waals surface area contributed by atoms with E-state index in [1.165, 1.54) is 5.56 Å². The van der Waals surface area contributed by atoms with Crippen LogP contribution in [0.15, 0.2) is 41.0 Å². The van der Waals surface area contributed by atoms with Crippen molar-refractivity contribution in [1.29, 1.82) is 0 Å². The van der Waals surface area contributed by atoms with Gasteiger partial charge in [-0.1, -0.05) is 50.6 Å². The summed E-state index contributed by atoms with van der Waals surface area (Å²) in [4.78, 5) is 23.8. The van der Waals surface area contributed by atoms with Crippen molar-refractivity contribution in [3.05, 3.63) is 52.1 Å². The Morgan fingerprint density at radius 1 is 0.864 bits per heavy atom. The Bertz CT molecular complexity index is 691. The van der Waals surface area contributed by atoms with Crippen LogP contribution in [0.25, 0.3) is 5.57 Å². The van der Waals surface area contributed by atoms with Gasteiger partial charge in [0, 0.05) is 0 Å². The first-order chi connectivity index (χ1) is 10.1. The van der Waals surface area contributed by atoms with Gasteiger partial charge < -0.3 is 4.74 Å². The second-order valence-corrected chi connectivity index (χ2v) is 6.88. The van der Waals surface area contributed by atoms with Gasteiger partial charge in [-0.3, -0.25) is 0 Å². The molecular formula is C19H22O3. The minimum Gasteiger partial charge on any atom is -0.386 e. The van der Waals surface area contributed by atoms with Crippen molar-refractivity contribution in [3.8, 4) is 0 Å². The molecule has 1 aliphatic rings. The predicted octanol–water partition coefficient (Wildman–Crippen LogP) is 4.18. The van der Waals surface area contributed by atoms with Gasteiger partial charge in [0.25, 0.3) is 0 Å². The van der Waals surface area contributed by atoms with Crippen molar-refractivity contribution >= 4 is 17.5 Å². The Morgan fingerprint density at radius 3 is 1.82 bits per heavy atom. The van der Waals surface area contributed by atoms with Crippen LogP contribution < -0.4 is 0 Å².